The molecule has 0 aliphatic heterocycles. The second kappa shape index (κ2) is 2.92. The van der Waals surface area contributed by atoms with Crippen LogP contribution in [-0.2, 0) is 11.3 Å². The summed E-state index contributed by atoms with van der Waals surface area (Å²) >= 11 is -3.69. The first-order chi connectivity index (χ1) is 4.39. The zero-order chi connectivity index (χ0) is 8.36. The molecule has 1 unspecified atom stereocenters. The Bertz CT molecular complexity index is 156. The van der Waals surface area contributed by atoms with E-state index in [2.05, 4.69) is 0 Å². The normalized spacial score (nSPS) is 14.4. The molecule has 0 saturated heterocycles. The Hall–Kier alpha value is -0.700. The highest BCUT2D eigenvalue weighted by Gasteiger charge is 2.39. The van der Waals surface area contributed by atoms with Gasteiger partial charge in [0.15, 0.2) is 0 Å². The Morgan fingerprint density at radius 3 is 1.90 bits per heavy atom. The molecule has 0 saturated carbocycles. The predicted octanol–water partition coefficient (Wildman–Crippen LogP) is 0.284. The van der Waals surface area contributed by atoms with Gasteiger partial charge in [-0.3, -0.25) is 4.21 Å². The van der Waals surface area contributed by atoms with Crippen LogP contribution in [0, 0.1) is 4.91 Å². The molecule has 0 fully saturated rings. The third-order valence-electron chi connectivity index (χ3n) is 0.432. The highest BCUT2D eigenvalue weighted by atomic mass is 32.2. The van der Waals surface area contributed by atoms with Gasteiger partial charge in [0.2, 0.25) is 0 Å². The lowest BCUT2D eigenvalue weighted by Crippen LogP contribution is -2.34. The molecular formula is CF3N2O3S-. The molecule has 0 aromatic heterocycles. The van der Waals surface area contributed by atoms with Gasteiger partial charge in [0.05, 0.1) is 16.6 Å². The summed E-state index contributed by atoms with van der Waals surface area (Å²) in [7, 11) is 0. The van der Waals surface area contributed by atoms with Gasteiger partial charge in [0.1, 0.15) is 0 Å². The second-order valence-corrected chi connectivity index (χ2v) is 1.82. The first-order valence-electron chi connectivity index (χ1n) is 1.69. The molecular weight excluding hydrogens is 177 g/mol. The molecule has 1 atom stereocenters. The summed E-state index contributed by atoms with van der Waals surface area (Å²) in [5.74, 6) is 0. The van der Waals surface area contributed by atoms with Gasteiger partial charge >= 0.3 is 6.30 Å². The molecule has 0 aromatic rings. The molecule has 0 radical (unpaired) electrons. The molecule has 0 bridgehead atoms. The van der Waals surface area contributed by atoms with E-state index in [0.29, 0.717) is 0 Å². The standard InChI is InChI=1S/CHF3N2O3S/c2-1(3,4)6(5-7)10(8)9/h(H,8,9)/p-1. The molecule has 0 spiro atoms. The minimum Gasteiger partial charge on any atom is -0.754 e. The number of nitrogens with zero attached hydrogens (tertiary/aromatic N) is 2. The van der Waals surface area contributed by atoms with E-state index in [9.17, 15) is 21.9 Å². The maximum Gasteiger partial charge on any atom is 0.514 e. The average molecular weight is 177 g/mol. The molecule has 0 aliphatic rings. The summed E-state index contributed by atoms with van der Waals surface area (Å²) in [4.78, 5) is 9.16. The zero-order valence-corrected chi connectivity index (χ0v) is 4.98. The van der Waals surface area contributed by atoms with Crippen molar-refractivity contribution in [3.63, 3.8) is 0 Å². The minimum absolute atomic E-state index is 1.20. The van der Waals surface area contributed by atoms with Crippen LogP contribution in [0.5, 0.6) is 0 Å². The quantitative estimate of drug-likeness (QED) is 0.263. The Labute approximate surface area is 55.2 Å². The van der Waals surface area contributed by atoms with Gasteiger partial charge < -0.3 is 4.55 Å². The summed E-state index contributed by atoms with van der Waals surface area (Å²) < 4.78 is 51.1. The lowest BCUT2D eigenvalue weighted by Gasteiger charge is -2.18. The third-order valence-corrected chi connectivity index (χ3v) is 0.988. The maximum absolute atomic E-state index is 11.2. The van der Waals surface area contributed by atoms with Gasteiger partial charge in [-0.15, -0.1) is 18.1 Å². The molecule has 0 N–H and O–H groups in total. The van der Waals surface area contributed by atoms with Gasteiger partial charge in [0.25, 0.3) is 0 Å². The van der Waals surface area contributed by atoms with Gasteiger partial charge in [0, 0.05) is 0 Å². The monoisotopic (exact) mass is 177 g/mol. The van der Waals surface area contributed by atoms with Gasteiger partial charge in [-0.25, -0.2) is 0 Å². The molecule has 0 amide bonds. The SMILES string of the molecule is O=NN(S(=O)[O-])C(F)(F)F. The van der Waals surface area contributed by atoms with Crippen LogP contribution < -0.4 is 0 Å². The summed E-state index contributed by atoms with van der Waals surface area (Å²) in [6.07, 6.45) is -5.27. The largest absolute Gasteiger partial charge is 0.754 e. The van der Waals surface area contributed by atoms with Crippen molar-refractivity contribution in [1.82, 2.24) is 4.41 Å². The summed E-state index contributed by atoms with van der Waals surface area (Å²) in [6, 6.07) is 0. The number of hydrogen-bond acceptors (Lipinski definition) is 4. The Morgan fingerprint density at radius 1 is 1.50 bits per heavy atom. The maximum atomic E-state index is 11.2. The van der Waals surface area contributed by atoms with Crippen molar-refractivity contribution in [2.24, 2.45) is 5.29 Å². The van der Waals surface area contributed by atoms with Crippen LogP contribution in [0.15, 0.2) is 5.29 Å². The van der Waals surface area contributed by atoms with Crippen LogP contribution in [0.3, 0.4) is 0 Å². The van der Waals surface area contributed by atoms with E-state index in [1.165, 1.54) is 5.29 Å². The molecule has 9 heteroatoms. The van der Waals surface area contributed by atoms with Gasteiger partial charge in [-0.05, 0) is 0 Å². The van der Waals surface area contributed by atoms with Crippen LogP contribution in [0.4, 0.5) is 13.2 Å². The smallest absolute Gasteiger partial charge is 0.514 e. The second-order valence-electron chi connectivity index (χ2n) is 1.04. The van der Waals surface area contributed by atoms with Crippen molar-refractivity contribution < 1.29 is 21.9 Å². The highest BCUT2D eigenvalue weighted by molar-refractivity contribution is 7.76. The Balaban J connectivity index is 4.36. The third kappa shape index (κ3) is 2.27. The molecule has 0 aliphatic carbocycles. The fourth-order valence-corrected chi connectivity index (χ4v) is 0.381. The van der Waals surface area contributed by atoms with Crippen LogP contribution >= 0.6 is 0 Å². The predicted molar refractivity (Wildman–Crippen MR) is 22.6 cm³/mol. The number of nitroso groups, excluding NO2 is 1. The van der Waals surface area contributed by atoms with Crippen LogP contribution in [0.25, 0.3) is 0 Å². The molecule has 0 aromatic carbocycles. The van der Waals surface area contributed by atoms with Gasteiger partial charge in [-0.2, -0.15) is 0 Å². The molecule has 10 heavy (non-hydrogen) atoms. The first kappa shape index (κ1) is 9.30. The summed E-state index contributed by atoms with van der Waals surface area (Å²) in [5, 5.41) is 1.20. The van der Waals surface area contributed by atoms with Crippen LogP contribution in [-0.4, -0.2) is 19.5 Å². The van der Waals surface area contributed by atoms with E-state index in [1.807, 2.05) is 0 Å². The van der Waals surface area contributed by atoms with Gasteiger partial charge in [-0.1, -0.05) is 4.41 Å². The van der Waals surface area contributed by atoms with E-state index >= 15 is 0 Å². The highest BCUT2D eigenvalue weighted by Crippen LogP contribution is 2.21. The van der Waals surface area contributed by atoms with Crippen molar-refractivity contribution in [3.05, 3.63) is 4.91 Å². The number of hydrogen-bond donors (Lipinski definition) is 0. The van der Waals surface area contributed by atoms with Crippen LogP contribution in [0.2, 0.25) is 0 Å². The summed E-state index contributed by atoms with van der Waals surface area (Å²) in [6.45, 7) is 0. The van der Waals surface area contributed by atoms with E-state index in [1.54, 1.807) is 0 Å². The first-order valence-corrected chi connectivity index (χ1v) is 2.72. The van der Waals surface area contributed by atoms with Crippen LogP contribution in [0.1, 0.15) is 0 Å². The molecule has 60 valence electrons. The Morgan fingerprint density at radius 2 is 1.90 bits per heavy atom. The van der Waals surface area contributed by atoms with Crippen molar-refractivity contribution in [1.29, 1.82) is 0 Å². The van der Waals surface area contributed by atoms with Crippen molar-refractivity contribution in [3.8, 4) is 0 Å². The Kier molecular flexibility index (Phi) is 2.72. The van der Waals surface area contributed by atoms with Crippen molar-refractivity contribution in [2.75, 3.05) is 0 Å². The average Bonchev–Trinajstić information content (AvgIpc) is 1.60. The fourth-order valence-electron chi connectivity index (χ4n) is 0.158. The van der Waals surface area contributed by atoms with E-state index in [-0.39, 0.29) is 0 Å². The molecule has 0 heterocycles. The summed E-state index contributed by atoms with van der Waals surface area (Å²) in [5.41, 5.74) is 0. The minimum atomic E-state index is -5.27. The van der Waals surface area contributed by atoms with E-state index < -0.39 is 22.0 Å². The van der Waals surface area contributed by atoms with E-state index in [0.717, 1.165) is 0 Å². The topological polar surface area (TPSA) is 72.8 Å². The number of alkyl halides is 3. The fraction of sp³-hybridized carbons (Fsp3) is 1.00. The lowest BCUT2D eigenvalue weighted by atomic mass is 11.2. The molecule has 5 nitrogen and oxygen atoms in total. The van der Waals surface area contributed by atoms with Crippen molar-refractivity contribution in [2.45, 2.75) is 6.30 Å². The number of rotatable bonds is 2. The lowest BCUT2D eigenvalue weighted by molar-refractivity contribution is -0.211. The van der Waals surface area contributed by atoms with Crippen molar-refractivity contribution >= 4 is 11.3 Å². The van der Waals surface area contributed by atoms with E-state index in [4.69, 9.17) is 4.91 Å². The zero-order valence-electron chi connectivity index (χ0n) is 4.16. The molecule has 0 rings (SSSR count). The number of halogens is 3.